The lowest BCUT2D eigenvalue weighted by molar-refractivity contribution is -0.576. The molecule has 0 aliphatic carbocycles. The number of benzene rings is 1. The molecule has 2 saturated heterocycles. The van der Waals surface area contributed by atoms with Gasteiger partial charge in [-0.25, -0.2) is 0 Å². The van der Waals surface area contributed by atoms with Crippen LogP contribution in [0.3, 0.4) is 0 Å². The first-order valence-electron chi connectivity index (χ1n) is 6.52. The molecule has 6 heteroatoms. The molecule has 0 radical (unpaired) electrons. The van der Waals surface area contributed by atoms with E-state index >= 15 is 0 Å². The van der Waals surface area contributed by atoms with E-state index in [1.807, 2.05) is 18.2 Å². The minimum absolute atomic E-state index is 0.108. The maximum Gasteiger partial charge on any atom is 0.259 e. The third-order valence-electron chi connectivity index (χ3n) is 3.86. The number of hydrogen-bond acceptors (Lipinski definition) is 5. The van der Waals surface area contributed by atoms with Gasteiger partial charge in [-0.05, 0) is 5.56 Å². The summed E-state index contributed by atoms with van der Waals surface area (Å²) in [6.45, 7) is 3.82. The Hall–Kier alpha value is -1.50. The molecule has 2 heterocycles. The quantitative estimate of drug-likeness (QED) is 0.628. The van der Waals surface area contributed by atoms with E-state index in [2.05, 4.69) is 27.2 Å². The average Bonchev–Trinajstić information content (AvgIpc) is 2.39. The second-order valence-corrected chi connectivity index (χ2v) is 5.51. The Labute approximate surface area is 112 Å². The van der Waals surface area contributed by atoms with Crippen LogP contribution >= 0.6 is 0 Å². The van der Waals surface area contributed by atoms with Crippen LogP contribution in [0.1, 0.15) is 5.56 Å². The molecule has 1 N–H and O–H groups in total. The summed E-state index contributed by atoms with van der Waals surface area (Å²) < 4.78 is 0. The molecule has 0 spiro atoms. The van der Waals surface area contributed by atoms with E-state index in [1.54, 1.807) is 0 Å². The van der Waals surface area contributed by atoms with Crippen molar-refractivity contribution in [2.24, 2.45) is 0 Å². The van der Waals surface area contributed by atoms with Gasteiger partial charge < -0.3 is 0 Å². The lowest BCUT2D eigenvalue weighted by atomic mass is 9.94. The van der Waals surface area contributed by atoms with Crippen LogP contribution < -0.4 is 5.32 Å². The third-order valence-corrected chi connectivity index (χ3v) is 3.86. The van der Waals surface area contributed by atoms with Crippen molar-refractivity contribution in [3.63, 3.8) is 0 Å². The molecular weight excluding hydrogens is 244 g/mol. The van der Waals surface area contributed by atoms with Crippen molar-refractivity contribution in [1.82, 2.24) is 15.1 Å². The Morgan fingerprint density at radius 3 is 2.84 bits per heavy atom. The summed E-state index contributed by atoms with van der Waals surface area (Å²) in [7, 11) is 0. The molecule has 19 heavy (non-hydrogen) atoms. The molecule has 2 fully saturated rings. The smallest absolute Gasteiger partial charge is 0.259 e. The van der Waals surface area contributed by atoms with E-state index in [0.717, 1.165) is 19.9 Å². The monoisotopic (exact) mass is 262 g/mol. The molecule has 2 atom stereocenters. The summed E-state index contributed by atoms with van der Waals surface area (Å²) in [5.41, 5.74) is 0.348. The lowest BCUT2D eigenvalue weighted by Crippen LogP contribution is -2.71. The predicted molar refractivity (Wildman–Crippen MR) is 71.0 cm³/mol. The van der Waals surface area contributed by atoms with Gasteiger partial charge in [0.05, 0.1) is 26.3 Å². The van der Waals surface area contributed by atoms with Crippen LogP contribution in [0.2, 0.25) is 0 Å². The molecule has 2 aliphatic heterocycles. The van der Waals surface area contributed by atoms with Crippen molar-refractivity contribution < 1.29 is 4.92 Å². The van der Waals surface area contributed by atoms with Gasteiger partial charge in [-0.2, -0.15) is 0 Å². The Balaban J connectivity index is 1.75. The molecule has 1 unspecified atom stereocenters. The zero-order chi connectivity index (χ0) is 13.3. The highest BCUT2D eigenvalue weighted by Gasteiger charge is 2.51. The summed E-state index contributed by atoms with van der Waals surface area (Å²) in [5.74, 6) is 0. The molecule has 0 saturated carbocycles. The Morgan fingerprint density at radius 1 is 1.32 bits per heavy atom. The minimum atomic E-state index is -0.856. The molecular formula is C13H18N4O2. The zero-order valence-electron chi connectivity index (χ0n) is 10.8. The van der Waals surface area contributed by atoms with Crippen LogP contribution in [-0.2, 0) is 6.54 Å². The van der Waals surface area contributed by atoms with Crippen molar-refractivity contribution in [3.05, 3.63) is 46.0 Å². The highest BCUT2D eigenvalue weighted by molar-refractivity contribution is 5.14. The number of nitrogens with one attached hydrogen (secondary N) is 1. The van der Waals surface area contributed by atoms with Gasteiger partial charge in [0.25, 0.3) is 5.54 Å². The van der Waals surface area contributed by atoms with Crippen LogP contribution in [0, 0.1) is 10.1 Å². The molecule has 0 aromatic heterocycles. The van der Waals surface area contributed by atoms with Crippen LogP contribution in [0.15, 0.2) is 30.3 Å². The fourth-order valence-electron chi connectivity index (χ4n) is 3.06. The summed E-state index contributed by atoms with van der Waals surface area (Å²) in [6.07, 6.45) is 0. The van der Waals surface area contributed by atoms with E-state index < -0.39 is 5.54 Å². The van der Waals surface area contributed by atoms with Crippen molar-refractivity contribution in [3.8, 4) is 0 Å². The molecule has 0 amide bonds. The van der Waals surface area contributed by atoms with Gasteiger partial charge in [0.2, 0.25) is 0 Å². The van der Waals surface area contributed by atoms with Gasteiger partial charge in [-0.15, -0.1) is 0 Å². The molecule has 102 valence electrons. The minimum Gasteiger partial charge on any atom is -0.297 e. The molecule has 3 rings (SSSR count). The van der Waals surface area contributed by atoms with Gasteiger partial charge in [0.1, 0.15) is 0 Å². The first-order chi connectivity index (χ1) is 9.18. The second kappa shape index (κ2) is 4.88. The summed E-state index contributed by atoms with van der Waals surface area (Å²) >= 11 is 0. The van der Waals surface area contributed by atoms with Crippen molar-refractivity contribution in [2.75, 3.05) is 33.0 Å². The normalized spacial score (nSPS) is 31.1. The van der Waals surface area contributed by atoms with Crippen LogP contribution in [0.25, 0.3) is 0 Å². The Morgan fingerprint density at radius 2 is 2.11 bits per heavy atom. The van der Waals surface area contributed by atoms with Gasteiger partial charge in [0.15, 0.2) is 0 Å². The van der Waals surface area contributed by atoms with E-state index in [-0.39, 0.29) is 4.92 Å². The van der Waals surface area contributed by atoms with E-state index in [1.165, 1.54) is 5.56 Å². The largest absolute Gasteiger partial charge is 0.297 e. The first kappa shape index (κ1) is 12.5. The van der Waals surface area contributed by atoms with E-state index in [9.17, 15) is 10.1 Å². The fraction of sp³-hybridized carbons (Fsp3) is 0.538. The summed E-state index contributed by atoms with van der Waals surface area (Å²) in [5, 5.41) is 14.5. The van der Waals surface area contributed by atoms with E-state index in [4.69, 9.17) is 0 Å². The maximum atomic E-state index is 11.4. The number of fused-ring (bicyclic) bond motifs is 2. The first-order valence-corrected chi connectivity index (χ1v) is 6.52. The molecule has 2 bridgehead atoms. The molecule has 1 aromatic carbocycles. The van der Waals surface area contributed by atoms with Gasteiger partial charge >= 0.3 is 0 Å². The van der Waals surface area contributed by atoms with Crippen molar-refractivity contribution in [2.45, 2.75) is 12.1 Å². The topological polar surface area (TPSA) is 61.7 Å². The number of nitro groups is 1. The number of hydrogen-bond donors (Lipinski definition) is 1. The maximum absolute atomic E-state index is 11.4. The second-order valence-electron chi connectivity index (χ2n) is 5.51. The number of rotatable bonds is 3. The van der Waals surface area contributed by atoms with Crippen LogP contribution in [0.4, 0.5) is 0 Å². The molecule has 1 aromatic rings. The summed E-state index contributed by atoms with van der Waals surface area (Å²) in [6, 6.07) is 10.1. The SMILES string of the molecule is O=[N+]([O-])[C@]12CNCN(CN(Cc3ccccc3)C1)C2. The van der Waals surface area contributed by atoms with Crippen LogP contribution in [0.5, 0.6) is 0 Å². The van der Waals surface area contributed by atoms with Crippen LogP contribution in [-0.4, -0.2) is 53.2 Å². The fourth-order valence-corrected chi connectivity index (χ4v) is 3.06. The van der Waals surface area contributed by atoms with Gasteiger partial charge in [-0.1, -0.05) is 30.3 Å². The Kier molecular flexibility index (Phi) is 3.22. The zero-order valence-corrected chi connectivity index (χ0v) is 10.8. The average molecular weight is 262 g/mol. The van der Waals surface area contributed by atoms with E-state index in [0.29, 0.717) is 19.6 Å². The standard InChI is InChI=1S/C13H18N4O2/c18-17(19)13-7-14-10-16(9-13)11-15(8-13)6-12-4-2-1-3-5-12/h1-5,14H,6-11H2/t13-/m1/s1. The van der Waals surface area contributed by atoms with Crippen molar-refractivity contribution >= 4 is 0 Å². The predicted octanol–water partition coefficient (Wildman–Crippen LogP) is 0.338. The van der Waals surface area contributed by atoms with Gasteiger partial charge in [0, 0.05) is 18.1 Å². The summed E-state index contributed by atoms with van der Waals surface area (Å²) in [4.78, 5) is 15.6. The highest BCUT2D eigenvalue weighted by atomic mass is 16.6. The number of nitrogens with zero attached hydrogens (tertiary/aromatic N) is 3. The highest BCUT2D eigenvalue weighted by Crippen LogP contribution is 2.23. The Bertz CT molecular complexity index is 467. The van der Waals surface area contributed by atoms with Crippen molar-refractivity contribution in [1.29, 1.82) is 0 Å². The lowest BCUT2D eigenvalue weighted by Gasteiger charge is -2.46. The third kappa shape index (κ3) is 2.47. The molecule has 2 aliphatic rings. The van der Waals surface area contributed by atoms with Gasteiger partial charge in [-0.3, -0.25) is 25.2 Å². The molecule has 6 nitrogen and oxygen atoms in total.